The van der Waals surface area contributed by atoms with E-state index in [1.807, 2.05) is 0 Å². The van der Waals surface area contributed by atoms with Crippen LogP contribution in [0.3, 0.4) is 0 Å². The first-order valence-electron chi connectivity index (χ1n) is 10.1. The molecule has 0 aromatic heterocycles. The maximum absolute atomic E-state index is 13.0. The fourth-order valence-electron chi connectivity index (χ4n) is 4.10. The Morgan fingerprint density at radius 1 is 1.07 bits per heavy atom. The Hall–Kier alpha value is -1.44. The number of hydrogen-bond acceptors (Lipinski definition) is 4. The van der Waals surface area contributed by atoms with E-state index in [9.17, 15) is 13.2 Å². The van der Waals surface area contributed by atoms with Gasteiger partial charge in [-0.15, -0.1) is 0 Å². The molecule has 150 valence electrons. The van der Waals surface area contributed by atoms with Gasteiger partial charge < -0.3 is 10.2 Å². The summed E-state index contributed by atoms with van der Waals surface area (Å²) in [6.07, 6.45) is 5.28. The number of benzene rings is 1. The number of nitrogens with one attached hydrogen (secondary N) is 1. The van der Waals surface area contributed by atoms with Gasteiger partial charge in [-0.05, 0) is 50.8 Å². The van der Waals surface area contributed by atoms with Crippen molar-refractivity contribution in [2.45, 2.75) is 62.4 Å². The monoisotopic (exact) mass is 393 g/mol. The topological polar surface area (TPSA) is 69.7 Å². The van der Waals surface area contributed by atoms with E-state index in [0.717, 1.165) is 51.7 Å². The van der Waals surface area contributed by atoms with Crippen LogP contribution in [0.2, 0.25) is 0 Å². The van der Waals surface area contributed by atoms with Gasteiger partial charge in [-0.2, -0.15) is 4.31 Å². The van der Waals surface area contributed by atoms with Crippen molar-refractivity contribution >= 4 is 15.9 Å². The summed E-state index contributed by atoms with van der Waals surface area (Å²) in [5.74, 6) is -0.136. The summed E-state index contributed by atoms with van der Waals surface area (Å²) in [4.78, 5) is 15.6. The van der Waals surface area contributed by atoms with Crippen LogP contribution < -0.4 is 5.32 Å². The third kappa shape index (κ3) is 4.89. The average Bonchev–Trinajstić information content (AvgIpc) is 2.70. The summed E-state index contributed by atoms with van der Waals surface area (Å²) in [5, 5.41) is 3.13. The third-order valence-electron chi connectivity index (χ3n) is 5.58. The minimum absolute atomic E-state index is 0.136. The number of amides is 1. The summed E-state index contributed by atoms with van der Waals surface area (Å²) < 4.78 is 27.5. The lowest BCUT2D eigenvalue weighted by atomic mass is 10.0. The normalized spacial score (nSPS) is 23.2. The van der Waals surface area contributed by atoms with Gasteiger partial charge in [0.2, 0.25) is 15.9 Å². The number of piperidine rings is 2. The minimum Gasteiger partial charge on any atom is -0.352 e. The van der Waals surface area contributed by atoms with E-state index in [0.29, 0.717) is 13.0 Å². The number of carbonyl (C=O) groups is 1. The maximum Gasteiger partial charge on any atom is 0.243 e. The van der Waals surface area contributed by atoms with E-state index >= 15 is 0 Å². The van der Waals surface area contributed by atoms with Gasteiger partial charge in [-0.25, -0.2) is 8.42 Å². The molecule has 0 aliphatic carbocycles. The highest BCUT2D eigenvalue weighted by Crippen LogP contribution is 2.26. The Bertz CT molecular complexity index is 715. The highest BCUT2D eigenvalue weighted by molar-refractivity contribution is 7.89. The Balaban J connectivity index is 1.66. The molecule has 0 radical (unpaired) electrons. The first-order valence-corrected chi connectivity index (χ1v) is 11.6. The molecule has 7 heteroatoms. The van der Waals surface area contributed by atoms with Gasteiger partial charge in [0.15, 0.2) is 0 Å². The number of rotatable bonds is 6. The first kappa shape index (κ1) is 20.3. The van der Waals surface area contributed by atoms with Crippen LogP contribution in [0.4, 0.5) is 0 Å². The molecular weight excluding hydrogens is 362 g/mol. The van der Waals surface area contributed by atoms with Gasteiger partial charge in [0, 0.05) is 25.7 Å². The van der Waals surface area contributed by atoms with Crippen molar-refractivity contribution in [3.05, 3.63) is 30.3 Å². The molecule has 2 heterocycles. The van der Waals surface area contributed by atoms with Crippen molar-refractivity contribution in [3.63, 3.8) is 0 Å². The van der Waals surface area contributed by atoms with Crippen molar-refractivity contribution in [2.24, 2.45) is 0 Å². The number of hydrogen-bond donors (Lipinski definition) is 1. The zero-order valence-corrected chi connectivity index (χ0v) is 17.0. The lowest BCUT2D eigenvalue weighted by Crippen LogP contribution is -2.55. The quantitative estimate of drug-likeness (QED) is 0.805. The molecular formula is C20H31N3O3S. The molecule has 2 aliphatic heterocycles. The highest BCUT2D eigenvalue weighted by Gasteiger charge is 2.38. The second kappa shape index (κ2) is 9.17. The molecule has 3 rings (SSSR count). The lowest BCUT2D eigenvalue weighted by molar-refractivity contribution is -0.126. The molecule has 2 saturated heterocycles. The maximum atomic E-state index is 13.0. The zero-order valence-electron chi connectivity index (χ0n) is 16.1. The van der Waals surface area contributed by atoms with E-state index < -0.39 is 16.1 Å². The SMILES string of the molecule is CCCN1CCC(NC(=O)C2CCCCN2S(=O)(=O)c2ccccc2)CC1. The fourth-order valence-corrected chi connectivity index (χ4v) is 5.77. The molecule has 1 atom stereocenters. The number of likely N-dealkylation sites (tertiary alicyclic amines) is 1. The van der Waals surface area contributed by atoms with E-state index in [1.54, 1.807) is 30.3 Å². The van der Waals surface area contributed by atoms with Crippen molar-refractivity contribution in [2.75, 3.05) is 26.2 Å². The Morgan fingerprint density at radius 2 is 1.78 bits per heavy atom. The predicted molar refractivity (Wildman–Crippen MR) is 106 cm³/mol. The summed E-state index contributed by atoms with van der Waals surface area (Å²) >= 11 is 0. The summed E-state index contributed by atoms with van der Waals surface area (Å²) in [5.41, 5.74) is 0. The van der Waals surface area contributed by atoms with Crippen LogP contribution in [0, 0.1) is 0 Å². The molecule has 0 bridgehead atoms. The summed E-state index contributed by atoms with van der Waals surface area (Å²) in [7, 11) is -3.65. The molecule has 2 fully saturated rings. The molecule has 1 unspecified atom stereocenters. The zero-order chi connectivity index (χ0) is 19.3. The highest BCUT2D eigenvalue weighted by atomic mass is 32.2. The molecule has 0 saturated carbocycles. The minimum atomic E-state index is -3.65. The standard InChI is InChI=1S/C20H31N3O3S/c1-2-13-22-15-11-17(12-16-22)21-20(24)19-10-6-7-14-23(19)27(25,26)18-8-4-3-5-9-18/h3-5,8-9,17,19H,2,6-7,10-16H2,1H3,(H,21,24). The molecule has 1 N–H and O–H groups in total. The Labute approximate surface area is 163 Å². The largest absolute Gasteiger partial charge is 0.352 e. The predicted octanol–water partition coefficient (Wildman–Crippen LogP) is 2.22. The van der Waals surface area contributed by atoms with Crippen LogP contribution >= 0.6 is 0 Å². The Kier molecular flexibility index (Phi) is 6.89. The molecule has 1 amide bonds. The van der Waals surface area contributed by atoms with Gasteiger partial charge in [0.25, 0.3) is 0 Å². The third-order valence-corrected chi connectivity index (χ3v) is 7.50. The van der Waals surface area contributed by atoms with Crippen LogP contribution in [0.1, 0.15) is 45.4 Å². The van der Waals surface area contributed by atoms with Gasteiger partial charge >= 0.3 is 0 Å². The summed E-state index contributed by atoms with van der Waals surface area (Å²) in [6, 6.07) is 7.98. The number of nitrogens with zero attached hydrogens (tertiary/aromatic N) is 2. The second-order valence-corrected chi connectivity index (χ2v) is 9.46. The molecule has 2 aliphatic rings. The van der Waals surface area contributed by atoms with Gasteiger partial charge in [0.05, 0.1) is 4.90 Å². The second-order valence-electron chi connectivity index (χ2n) is 7.56. The lowest BCUT2D eigenvalue weighted by Gasteiger charge is -2.36. The fraction of sp³-hybridized carbons (Fsp3) is 0.650. The van der Waals surface area contributed by atoms with Crippen LogP contribution in [0.25, 0.3) is 0 Å². The van der Waals surface area contributed by atoms with E-state index in [-0.39, 0.29) is 16.8 Å². The Morgan fingerprint density at radius 3 is 2.44 bits per heavy atom. The van der Waals surface area contributed by atoms with Crippen molar-refractivity contribution < 1.29 is 13.2 Å². The van der Waals surface area contributed by atoms with Crippen molar-refractivity contribution in [1.82, 2.24) is 14.5 Å². The smallest absolute Gasteiger partial charge is 0.243 e. The molecule has 6 nitrogen and oxygen atoms in total. The number of sulfonamides is 1. The van der Waals surface area contributed by atoms with Gasteiger partial charge in [-0.3, -0.25) is 4.79 Å². The van der Waals surface area contributed by atoms with E-state index in [2.05, 4.69) is 17.1 Å². The van der Waals surface area contributed by atoms with Crippen LogP contribution in [-0.4, -0.2) is 61.8 Å². The van der Waals surface area contributed by atoms with E-state index in [4.69, 9.17) is 0 Å². The molecule has 1 aromatic carbocycles. The van der Waals surface area contributed by atoms with Gasteiger partial charge in [-0.1, -0.05) is 31.5 Å². The van der Waals surface area contributed by atoms with E-state index in [1.165, 1.54) is 4.31 Å². The average molecular weight is 394 g/mol. The molecule has 0 spiro atoms. The molecule has 1 aromatic rings. The van der Waals surface area contributed by atoms with Crippen molar-refractivity contribution in [1.29, 1.82) is 0 Å². The molecule has 27 heavy (non-hydrogen) atoms. The number of carbonyl (C=O) groups excluding carboxylic acids is 1. The van der Waals surface area contributed by atoms with Crippen molar-refractivity contribution in [3.8, 4) is 0 Å². The van der Waals surface area contributed by atoms with Crippen LogP contribution in [-0.2, 0) is 14.8 Å². The summed E-state index contributed by atoms with van der Waals surface area (Å²) in [6.45, 7) is 5.68. The van der Waals surface area contributed by atoms with Crippen LogP contribution in [0.15, 0.2) is 35.2 Å². The van der Waals surface area contributed by atoms with Gasteiger partial charge in [0.1, 0.15) is 6.04 Å². The van der Waals surface area contributed by atoms with Crippen LogP contribution in [0.5, 0.6) is 0 Å². The first-order chi connectivity index (χ1) is 13.0.